The summed E-state index contributed by atoms with van der Waals surface area (Å²) in [5.74, 6) is 0.113. The van der Waals surface area contributed by atoms with E-state index in [0.29, 0.717) is 27.6 Å². The van der Waals surface area contributed by atoms with Crippen LogP contribution in [0.1, 0.15) is 22.6 Å². The molecule has 3 aromatic rings. The van der Waals surface area contributed by atoms with Crippen molar-refractivity contribution in [2.24, 2.45) is 0 Å². The Kier molecular flexibility index (Phi) is 5.04. The quantitative estimate of drug-likeness (QED) is 0.631. The van der Waals surface area contributed by atoms with Gasteiger partial charge in [0.2, 0.25) is 5.89 Å². The average molecular weight is 378 g/mol. The maximum Gasteiger partial charge on any atom is 0.387 e. The summed E-state index contributed by atoms with van der Waals surface area (Å²) >= 11 is 6.26. The summed E-state index contributed by atoms with van der Waals surface area (Å²) in [6.45, 7) is 0.419. The molecule has 1 heterocycles. The predicted molar refractivity (Wildman–Crippen MR) is 96.6 cm³/mol. The number of aryl methyl sites for hydroxylation is 2. The minimum absolute atomic E-state index is 0.0152. The number of alkyl halides is 2. The number of rotatable bonds is 4. The van der Waals surface area contributed by atoms with Crippen molar-refractivity contribution in [1.29, 1.82) is 0 Å². The molecule has 7 heteroatoms. The zero-order chi connectivity index (χ0) is 18.8. The molecular weight excluding hydrogens is 364 g/mol. The fourth-order valence-corrected chi connectivity index (χ4v) is 2.88. The number of benzene rings is 2. The minimum Gasteiger partial charge on any atom is -0.434 e. The van der Waals surface area contributed by atoms with E-state index in [-0.39, 0.29) is 16.7 Å². The van der Waals surface area contributed by atoms with Crippen LogP contribution in [0.3, 0.4) is 0 Å². The Bertz CT molecular complexity index is 1040. The first-order valence-electron chi connectivity index (χ1n) is 7.68. The molecule has 4 nitrogen and oxygen atoms in total. The molecule has 26 heavy (non-hydrogen) atoms. The zero-order valence-corrected chi connectivity index (χ0v) is 14.7. The molecule has 3 rings (SSSR count). The van der Waals surface area contributed by atoms with Crippen molar-refractivity contribution in [1.82, 2.24) is 4.98 Å². The molecule has 0 bridgehead atoms. The van der Waals surface area contributed by atoms with E-state index in [1.165, 1.54) is 0 Å². The van der Waals surface area contributed by atoms with Crippen molar-refractivity contribution < 1.29 is 17.9 Å². The smallest absolute Gasteiger partial charge is 0.387 e. The maximum absolute atomic E-state index is 12.5. The van der Waals surface area contributed by atoms with Crippen molar-refractivity contribution in [3.05, 3.63) is 69.4 Å². The van der Waals surface area contributed by atoms with Gasteiger partial charge in [0, 0.05) is 0 Å². The standard InChI is InChI=1S/C19H14ClF2NO3/c1-10-7-12(8-11(2)16(10)25-19(21)22)9-14(20)17-23-15-6-4-3-5-13(15)18(24)26-17/h3-9,19H,1-2H3/b14-9-. The van der Waals surface area contributed by atoms with E-state index >= 15 is 0 Å². The molecule has 0 aliphatic carbocycles. The highest BCUT2D eigenvalue weighted by Crippen LogP contribution is 2.29. The Morgan fingerprint density at radius 2 is 1.88 bits per heavy atom. The number of hydrogen-bond acceptors (Lipinski definition) is 4. The Hall–Kier alpha value is -2.73. The third-order valence-electron chi connectivity index (χ3n) is 3.72. The predicted octanol–water partition coefficient (Wildman–Crippen LogP) is 5.14. The van der Waals surface area contributed by atoms with Gasteiger partial charge in [0.05, 0.1) is 10.9 Å². The van der Waals surface area contributed by atoms with Crippen molar-refractivity contribution >= 4 is 33.6 Å². The molecule has 0 saturated heterocycles. The van der Waals surface area contributed by atoms with E-state index < -0.39 is 12.2 Å². The van der Waals surface area contributed by atoms with Crippen LogP contribution in [-0.2, 0) is 0 Å². The lowest BCUT2D eigenvalue weighted by atomic mass is 10.1. The van der Waals surface area contributed by atoms with E-state index in [2.05, 4.69) is 9.72 Å². The van der Waals surface area contributed by atoms with Crippen LogP contribution in [0.25, 0.3) is 22.0 Å². The number of ether oxygens (including phenoxy) is 1. The summed E-state index contributed by atoms with van der Waals surface area (Å²) in [7, 11) is 0. The van der Waals surface area contributed by atoms with Gasteiger partial charge in [-0.3, -0.25) is 0 Å². The fourth-order valence-electron chi connectivity index (χ4n) is 2.67. The molecule has 0 amide bonds. The van der Waals surface area contributed by atoms with E-state index in [1.54, 1.807) is 56.3 Å². The summed E-state index contributed by atoms with van der Waals surface area (Å²) in [4.78, 5) is 16.3. The van der Waals surface area contributed by atoms with Gasteiger partial charge < -0.3 is 9.15 Å². The van der Waals surface area contributed by atoms with Crippen LogP contribution >= 0.6 is 11.6 Å². The fraction of sp³-hybridized carbons (Fsp3) is 0.158. The second-order valence-corrected chi connectivity index (χ2v) is 6.09. The first kappa shape index (κ1) is 18.1. The normalized spacial score (nSPS) is 12.0. The lowest BCUT2D eigenvalue weighted by Crippen LogP contribution is -2.05. The van der Waals surface area contributed by atoms with Gasteiger partial charge in [-0.1, -0.05) is 23.7 Å². The number of nitrogens with zero attached hydrogens (tertiary/aromatic N) is 1. The molecule has 0 radical (unpaired) electrons. The van der Waals surface area contributed by atoms with Crippen LogP contribution in [0.2, 0.25) is 0 Å². The van der Waals surface area contributed by atoms with Gasteiger partial charge in [-0.15, -0.1) is 0 Å². The molecule has 0 atom stereocenters. The van der Waals surface area contributed by atoms with Crippen LogP contribution < -0.4 is 10.4 Å². The maximum atomic E-state index is 12.5. The summed E-state index contributed by atoms with van der Waals surface area (Å²) in [5.41, 5.74) is 1.65. The highest BCUT2D eigenvalue weighted by atomic mass is 35.5. The first-order valence-corrected chi connectivity index (χ1v) is 8.06. The minimum atomic E-state index is -2.89. The molecule has 0 saturated carbocycles. The molecule has 2 aromatic carbocycles. The monoisotopic (exact) mass is 377 g/mol. The van der Waals surface area contributed by atoms with Crippen LogP contribution in [0.15, 0.2) is 45.6 Å². The lowest BCUT2D eigenvalue weighted by molar-refractivity contribution is -0.0507. The van der Waals surface area contributed by atoms with Gasteiger partial charge in [0.1, 0.15) is 10.8 Å². The summed E-state index contributed by atoms with van der Waals surface area (Å²) in [5, 5.41) is 0.482. The second-order valence-electron chi connectivity index (χ2n) is 5.68. The van der Waals surface area contributed by atoms with E-state index in [9.17, 15) is 13.6 Å². The van der Waals surface area contributed by atoms with Gasteiger partial charge in [-0.2, -0.15) is 8.78 Å². The summed E-state index contributed by atoms with van der Waals surface area (Å²) in [6.07, 6.45) is 1.55. The molecule has 0 aliphatic rings. The largest absolute Gasteiger partial charge is 0.434 e. The van der Waals surface area contributed by atoms with Gasteiger partial charge >= 0.3 is 12.2 Å². The van der Waals surface area contributed by atoms with Crippen LogP contribution in [0, 0.1) is 13.8 Å². The van der Waals surface area contributed by atoms with E-state index in [4.69, 9.17) is 16.0 Å². The Morgan fingerprint density at radius 3 is 2.54 bits per heavy atom. The number of hydrogen-bond donors (Lipinski definition) is 0. The van der Waals surface area contributed by atoms with Crippen LogP contribution in [0.4, 0.5) is 8.78 Å². The highest BCUT2D eigenvalue weighted by Gasteiger charge is 2.13. The van der Waals surface area contributed by atoms with Crippen molar-refractivity contribution in [3.63, 3.8) is 0 Å². The van der Waals surface area contributed by atoms with Crippen molar-refractivity contribution in [2.45, 2.75) is 20.5 Å². The van der Waals surface area contributed by atoms with Gasteiger partial charge in [-0.25, -0.2) is 9.78 Å². The Balaban J connectivity index is 2.01. The van der Waals surface area contributed by atoms with Crippen LogP contribution in [-0.4, -0.2) is 11.6 Å². The number of fused-ring (bicyclic) bond motifs is 1. The topological polar surface area (TPSA) is 52.3 Å². The molecular formula is C19H14ClF2NO3. The highest BCUT2D eigenvalue weighted by molar-refractivity contribution is 6.50. The second kappa shape index (κ2) is 7.25. The van der Waals surface area contributed by atoms with E-state index in [0.717, 1.165) is 0 Å². The van der Waals surface area contributed by atoms with Crippen molar-refractivity contribution in [2.75, 3.05) is 0 Å². The third kappa shape index (κ3) is 3.75. The zero-order valence-electron chi connectivity index (χ0n) is 13.9. The summed E-state index contributed by atoms with van der Waals surface area (Å²) < 4.78 is 34.6. The first-order chi connectivity index (χ1) is 12.3. The van der Waals surface area contributed by atoms with Crippen molar-refractivity contribution in [3.8, 4) is 5.75 Å². The molecule has 0 spiro atoms. The molecule has 0 fully saturated rings. The SMILES string of the molecule is Cc1cc(/C=C(\Cl)c2nc3ccccc3c(=O)o2)cc(C)c1OC(F)F. The molecule has 134 valence electrons. The van der Waals surface area contributed by atoms with Crippen LogP contribution in [0.5, 0.6) is 5.75 Å². The third-order valence-corrected chi connectivity index (χ3v) is 3.99. The Labute approximate surface area is 152 Å². The average Bonchev–Trinajstić information content (AvgIpc) is 2.58. The number of para-hydroxylation sites is 1. The summed E-state index contributed by atoms with van der Waals surface area (Å²) in [6, 6.07) is 10.1. The number of halogens is 3. The molecule has 1 aromatic heterocycles. The Morgan fingerprint density at radius 1 is 1.23 bits per heavy atom. The molecule has 0 unspecified atom stereocenters. The van der Waals surface area contributed by atoms with E-state index in [1.807, 2.05) is 0 Å². The van der Waals surface area contributed by atoms with Gasteiger partial charge in [0.25, 0.3) is 0 Å². The van der Waals surface area contributed by atoms with Gasteiger partial charge in [-0.05, 0) is 60.9 Å². The lowest BCUT2D eigenvalue weighted by Gasteiger charge is -2.12. The molecule has 0 N–H and O–H groups in total. The number of aromatic nitrogens is 1. The van der Waals surface area contributed by atoms with Gasteiger partial charge in [0.15, 0.2) is 0 Å². The molecule has 0 aliphatic heterocycles.